The van der Waals surface area contributed by atoms with Crippen LogP contribution in [0.25, 0.3) is 11.3 Å². The maximum atomic E-state index is 12.4. The van der Waals surface area contributed by atoms with Gasteiger partial charge in [0.2, 0.25) is 0 Å². The molecular formula is C25H24N4O3. The van der Waals surface area contributed by atoms with Gasteiger partial charge in [0.05, 0.1) is 11.6 Å². The van der Waals surface area contributed by atoms with Crippen molar-refractivity contribution in [3.63, 3.8) is 0 Å². The molecule has 0 aliphatic carbocycles. The molecule has 1 aliphatic rings. The molecule has 7 heteroatoms. The van der Waals surface area contributed by atoms with Gasteiger partial charge in [0.15, 0.2) is 5.78 Å². The van der Waals surface area contributed by atoms with Gasteiger partial charge in [-0.15, -0.1) is 0 Å². The molecular weight excluding hydrogens is 404 g/mol. The second kappa shape index (κ2) is 8.98. The highest BCUT2D eigenvalue weighted by Gasteiger charge is 2.31. The van der Waals surface area contributed by atoms with Crippen LogP contribution in [0.4, 0.5) is 5.82 Å². The summed E-state index contributed by atoms with van der Waals surface area (Å²) in [5.74, 6) is 6.58. The van der Waals surface area contributed by atoms with Crippen LogP contribution in [0.3, 0.4) is 0 Å². The number of para-hydroxylation sites is 1. The number of nitrogens with zero attached hydrogens (tertiary/aromatic N) is 3. The van der Waals surface area contributed by atoms with Crippen LogP contribution < -0.4 is 10.5 Å². The second-order valence-corrected chi connectivity index (χ2v) is 7.62. The molecule has 1 aliphatic heterocycles. The Morgan fingerprint density at radius 3 is 2.44 bits per heavy atom. The molecule has 0 bridgehead atoms. The summed E-state index contributed by atoms with van der Waals surface area (Å²) in [6, 6.07) is 16.8. The van der Waals surface area contributed by atoms with Crippen LogP contribution in [0, 0.1) is 11.8 Å². The number of likely N-dealkylation sites (tertiary alicyclic amines) is 1. The van der Waals surface area contributed by atoms with Gasteiger partial charge < -0.3 is 15.4 Å². The van der Waals surface area contributed by atoms with E-state index in [-0.39, 0.29) is 17.7 Å². The summed E-state index contributed by atoms with van der Waals surface area (Å²) in [5.41, 5.74) is 8.04. The molecule has 7 nitrogen and oxygen atoms in total. The minimum Gasteiger partial charge on any atom is -0.457 e. The molecule has 1 aromatic heterocycles. The number of carbonyl (C=O) groups is 2. The molecule has 2 aromatic carbocycles. The fraction of sp³-hybridized carbons (Fsp3) is 0.240. The van der Waals surface area contributed by atoms with Crippen molar-refractivity contribution >= 4 is 17.5 Å². The molecule has 1 saturated heterocycles. The van der Waals surface area contributed by atoms with E-state index in [1.807, 2.05) is 54.6 Å². The summed E-state index contributed by atoms with van der Waals surface area (Å²) in [6.45, 7) is 4.15. The lowest BCUT2D eigenvalue weighted by atomic mass is 10.0. The molecule has 2 N–H and O–H groups in total. The number of carbonyl (C=O) groups excluding carboxylic acids is 2. The Bertz CT molecular complexity index is 1200. The highest BCUT2D eigenvalue weighted by molar-refractivity contribution is 6.04. The van der Waals surface area contributed by atoms with Gasteiger partial charge in [0, 0.05) is 18.7 Å². The van der Waals surface area contributed by atoms with E-state index in [1.165, 1.54) is 6.92 Å². The van der Waals surface area contributed by atoms with Crippen LogP contribution in [0.1, 0.15) is 36.7 Å². The summed E-state index contributed by atoms with van der Waals surface area (Å²) in [6.07, 6.45) is 0.698. The number of benzene rings is 2. The van der Waals surface area contributed by atoms with Crippen molar-refractivity contribution in [2.75, 3.05) is 18.8 Å². The maximum absolute atomic E-state index is 12.4. The highest BCUT2D eigenvalue weighted by Crippen LogP contribution is 2.33. The third kappa shape index (κ3) is 4.21. The van der Waals surface area contributed by atoms with Gasteiger partial charge in [-0.05, 0) is 62.6 Å². The Labute approximate surface area is 186 Å². The van der Waals surface area contributed by atoms with E-state index >= 15 is 0 Å². The fourth-order valence-electron chi connectivity index (χ4n) is 3.89. The number of hydrogen-bond donors (Lipinski definition) is 1. The van der Waals surface area contributed by atoms with Gasteiger partial charge in [-0.25, -0.2) is 4.68 Å². The molecule has 0 spiro atoms. The van der Waals surface area contributed by atoms with Crippen molar-refractivity contribution in [1.29, 1.82) is 0 Å². The third-order valence-corrected chi connectivity index (χ3v) is 5.43. The molecule has 32 heavy (non-hydrogen) atoms. The van der Waals surface area contributed by atoms with Crippen LogP contribution in [-0.2, 0) is 4.79 Å². The summed E-state index contributed by atoms with van der Waals surface area (Å²) in [4.78, 5) is 26.2. The Morgan fingerprint density at radius 1 is 1.09 bits per heavy atom. The Balaban J connectivity index is 1.61. The zero-order chi connectivity index (χ0) is 22.7. The van der Waals surface area contributed by atoms with Crippen LogP contribution in [0.5, 0.6) is 11.5 Å². The van der Waals surface area contributed by atoms with Crippen molar-refractivity contribution in [2.45, 2.75) is 26.3 Å². The van der Waals surface area contributed by atoms with Crippen LogP contribution in [0.2, 0.25) is 0 Å². The fourth-order valence-corrected chi connectivity index (χ4v) is 3.89. The quantitative estimate of drug-likeness (QED) is 0.491. The average molecular weight is 428 g/mol. The van der Waals surface area contributed by atoms with Gasteiger partial charge in [-0.2, -0.15) is 5.10 Å². The molecule has 0 unspecified atom stereocenters. The minimum atomic E-state index is -0.207. The first-order chi connectivity index (χ1) is 15.5. The molecule has 1 amide bonds. The molecule has 0 saturated carbocycles. The Hall–Kier alpha value is -4.05. The lowest BCUT2D eigenvalue weighted by Crippen LogP contribution is -2.28. The molecule has 1 fully saturated rings. The number of Topliss-reactive ketones (excluding diaryl/α,β-unsaturated/α-hetero) is 1. The van der Waals surface area contributed by atoms with E-state index in [0.29, 0.717) is 42.3 Å². The number of anilines is 1. The number of nitrogens with two attached hydrogens (primary N) is 1. The van der Waals surface area contributed by atoms with Gasteiger partial charge in [-0.1, -0.05) is 24.1 Å². The molecule has 0 radical (unpaired) electrons. The monoisotopic (exact) mass is 428 g/mol. The largest absolute Gasteiger partial charge is 0.457 e. The molecule has 4 rings (SSSR count). The zero-order valence-electron chi connectivity index (χ0n) is 18.0. The van der Waals surface area contributed by atoms with E-state index in [9.17, 15) is 9.59 Å². The number of ketones is 1. The molecule has 3 aromatic rings. The van der Waals surface area contributed by atoms with E-state index in [1.54, 1.807) is 16.5 Å². The lowest BCUT2D eigenvalue weighted by molar-refractivity contribution is -0.124. The Kier molecular flexibility index (Phi) is 5.95. The number of rotatable bonds is 5. The predicted octanol–water partition coefficient (Wildman–Crippen LogP) is 3.92. The Morgan fingerprint density at radius 2 is 1.78 bits per heavy atom. The van der Waals surface area contributed by atoms with Gasteiger partial charge in [0.1, 0.15) is 23.0 Å². The number of ether oxygens (including phenoxy) is 1. The summed E-state index contributed by atoms with van der Waals surface area (Å²) >= 11 is 0. The first kappa shape index (κ1) is 21.2. The van der Waals surface area contributed by atoms with E-state index < -0.39 is 0 Å². The molecule has 162 valence electrons. The van der Waals surface area contributed by atoms with Crippen molar-refractivity contribution in [3.05, 3.63) is 60.2 Å². The molecule has 1 atom stereocenters. The van der Waals surface area contributed by atoms with Crippen molar-refractivity contribution < 1.29 is 14.3 Å². The summed E-state index contributed by atoms with van der Waals surface area (Å²) < 4.78 is 7.52. The van der Waals surface area contributed by atoms with E-state index in [4.69, 9.17) is 15.6 Å². The highest BCUT2D eigenvalue weighted by atomic mass is 16.5. The maximum Gasteiger partial charge on any atom is 0.298 e. The number of hydrogen-bond acceptors (Lipinski definition) is 5. The first-order valence-electron chi connectivity index (χ1n) is 10.4. The van der Waals surface area contributed by atoms with Crippen molar-refractivity contribution in [3.8, 4) is 34.6 Å². The van der Waals surface area contributed by atoms with Crippen molar-refractivity contribution in [2.24, 2.45) is 0 Å². The van der Waals surface area contributed by atoms with Crippen LogP contribution >= 0.6 is 0 Å². The van der Waals surface area contributed by atoms with Crippen molar-refractivity contribution in [1.82, 2.24) is 14.7 Å². The van der Waals surface area contributed by atoms with E-state index in [2.05, 4.69) is 11.8 Å². The number of amides is 1. The minimum absolute atomic E-state index is 0.106. The van der Waals surface area contributed by atoms with Crippen LogP contribution in [-0.4, -0.2) is 39.5 Å². The summed E-state index contributed by atoms with van der Waals surface area (Å²) in [5, 5.41) is 4.69. The number of aromatic nitrogens is 2. The third-order valence-electron chi connectivity index (χ3n) is 5.43. The average Bonchev–Trinajstić information content (AvgIpc) is 3.40. The molecule has 2 heterocycles. The number of nitrogen functional groups attached to an aromatic ring is 1. The normalized spacial score (nSPS) is 15.2. The smallest absolute Gasteiger partial charge is 0.298 e. The van der Waals surface area contributed by atoms with E-state index in [0.717, 1.165) is 11.3 Å². The first-order valence-corrected chi connectivity index (χ1v) is 10.4. The van der Waals surface area contributed by atoms with Crippen LogP contribution in [0.15, 0.2) is 54.6 Å². The summed E-state index contributed by atoms with van der Waals surface area (Å²) in [7, 11) is 0. The van der Waals surface area contributed by atoms with Gasteiger partial charge in [-0.3, -0.25) is 9.59 Å². The lowest BCUT2D eigenvalue weighted by Gasteiger charge is -2.14. The van der Waals surface area contributed by atoms with Gasteiger partial charge in [0.25, 0.3) is 5.91 Å². The topological polar surface area (TPSA) is 90.5 Å². The second-order valence-electron chi connectivity index (χ2n) is 7.62. The van der Waals surface area contributed by atoms with Gasteiger partial charge >= 0.3 is 0 Å². The zero-order valence-corrected chi connectivity index (χ0v) is 18.0. The SMILES string of the molecule is CC#CC(=O)N1CC[C@@H](n2nc(-c3ccc(Oc4ccccc4)cc3)c(C(C)=O)c2N)C1. The standard InChI is InChI=1S/C25H24N4O3/c1-3-7-22(31)28-15-14-19(16-28)29-25(26)23(17(2)30)24(27-29)18-10-12-21(13-11-18)32-20-8-5-4-6-9-20/h4-6,8-13,19H,14-16,26H2,1-2H3/t19-/m1/s1. The predicted molar refractivity (Wildman–Crippen MR) is 122 cm³/mol.